The minimum Gasteiger partial charge on any atom is -0.343 e. The first-order valence-corrected chi connectivity index (χ1v) is 7.57. The number of hydrogen-bond acceptors (Lipinski definition) is 4. The van der Waals surface area contributed by atoms with E-state index >= 15 is 0 Å². The van der Waals surface area contributed by atoms with Gasteiger partial charge < -0.3 is 5.32 Å². The summed E-state index contributed by atoms with van der Waals surface area (Å²) in [5.41, 5.74) is 1.47. The molecule has 0 bridgehead atoms. The predicted octanol–water partition coefficient (Wildman–Crippen LogP) is 2.04. The number of hydrogen-bond donors (Lipinski definition) is 1. The molecular weight excluding hydrogens is 323 g/mol. The number of carbonyl (C=O) groups is 1. The number of amides is 1. The van der Waals surface area contributed by atoms with Crippen molar-refractivity contribution in [1.29, 1.82) is 0 Å². The Bertz CT molecular complexity index is 752. The second kappa shape index (κ2) is 6.21. The van der Waals surface area contributed by atoms with E-state index in [0.29, 0.717) is 18.1 Å². The van der Waals surface area contributed by atoms with E-state index in [1.807, 2.05) is 0 Å². The number of rotatable bonds is 3. The number of nitrogens with one attached hydrogen (secondary N) is 1. The van der Waals surface area contributed by atoms with Crippen molar-refractivity contribution < 1.29 is 18.0 Å². The van der Waals surface area contributed by atoms with Crippen LogP contribution in [0.4, 0.5) is 13.2 Å². The van der Waals surface area contributed by atoms with E-state index in [9.17, 15) is 18.0 Å². The van der Waals surface area contributed by atoms with E-state index in [4.69, 9.17) is 0 Å². The highest BCUT2D eigenvalue weighted by Gasteiger charge is 2.31. The standard InChI is InChI=1S/C15H16F3N5O/c1-23-11-5-3-2-4-10(11)13(22-23)14(24)21-8-12-19-6-9(7-20-12)15(16,17)18/h6-7H,2-5,8H2,1H3,(H,21,24). The van der Waals surface area contributed by atoms with Gasteiger partial charge in [-0.2, -0.15) is 18.3 Å². The lowest BCUT2D eigenvalue weighted by Crippen LogP contribution is -2.26. The second-order valence-electron chi connectivity index (χ2n) is 5.67. The summed E-state index contributed by atoms with van der Waals surface area (Å²) < 4.78 is 39.1. The van der Waals surface area contributed by atoms with Gasteiger partial charge in [-0.25, -0.2) is 9.97 Å². The van der Waals surface area contributed by atoms with Crippen LogP contribution in [0.25, 0.3) is 0 Å². The monoisotopic (exact) mass is 339 g/mol. The van der Waals surface area contributed by atoms with Gasteiger partial charge in [0.25, 0.3) is 5.91 Å². The molecule has 1 aliphatic rings. The number of halogens is 3. The molecule has 0 atom stereocenters. The SMILES string of the molecule is Cn1nc(C(=O)NCc2ncc(C(F)(F)F)cn2)c2c1CCCC2. The first kappa shape index (κ1) is 16.4. The fourth-order valence-corrected chi connectivity index (χ4v) is 2.79. The Balaban J connectivity index is 1.68. The molecule has 0 fully saturated rings. The van der Waals surface area contributed by atoms with Gasteiger partial charge in [0, 0.05) is 30.7 Å². The summed E-state index contributed by atoms with van der Waals surface area (Å²) in [5.74, 6) is -0.251. The van der Waals surface area contributed by atoms with Crippen LogP contribution in [0.1, 0.15) is 46.0 Å². The molecule has 9 heteroatoms. The normalized spacial score (nSPS) is 14.3. The highest BCUT2D eigenvalue weighted by molar-refractivity contribution is 5.94. The van der Waals surface area contributed by atoms with Crippen LogP contribution < -0.4 is 5.32 Å². The second-order valence-corrected chi connectivity index (χ2v) is 5.67. The van der Waals surface area contributed by atoms with Crippen molar-refractivity contribution in [3.63, 3.8) is 0 Å². The van der Waals surface area contributed by atoms with Crippen molar-refractivity contribution in [2.45, 2.75) is 38.4 Å². The molecule has 0 spiro atoms. The minimum atomic E-state index is -4.48. The number of aryl methyl sites for hydroxylation is 1. The highest BCUT2D eigenvalue weighted by atomic mass is 19.4. The Morgan fingerprint density at radius 2 is 1.92 bits per heavy atom. The van der Waals surface area contributed by atoms with Crippen LogP contribution in [0.3, 0.4) is 0 Å². The molecule has 24 heavy (non-hydrogen) atoms. The van der Waals surface area contributed by atoms with Crippen molar-refractivity contribution >= 4 is 5.91 Å². The first-order valence-electron chi connectivity index (χ1n) is 7.57. The molecule has 2 heterocycles. The number of aromatic nitrogens is 4. The zero-order valence-corrected chi connectivity index (χ0v) is 13.0. The Hall–Kier alpha value is -2.45. The number of nitrogens with zero attached hydrogens (tertiary/aromatic N) is 4. The summed E-state index contributed by atoms with van der Waals surface area (Å²) in [5, 5.41) is 6.88. The van der Waals surface area contributed by atoms with E-state index in [1.165, 1.54) is 0 Å². The van der Waals surface area contributed by atoms with Crippen LogP contribution in [0, 0.1) is 0 Å². The maximum absolute atomic E-state index is 12.5. The summed E-state index contributed by atoms with van der Waals surface area (Å²) in [6, 6.07) is 0. The van der Waals surface area contributed by atoms with Crippen molar-refractivity contribution in [2.24, 2.45) is 7.05 Å². The smallest absolute Gasteiger partial charge is 0.343 e. The van der Waals surface area contributed by atoms with Gasteiger partial charge in [-0.1, -0.05) is 0 Å². The lowest BCUT2D eigenvalue weighted by molar-refractivity contribution is -0.138. The number of carbonyl (C=O) groups excluding carboxylic acids is 1. The zero-order chi connectivity index (χ0) is 17.3. The molecule has 1 N–H and O–H groups in total. The maximum Gasteiger partial charge on any atom is 0.419 e. The van der Waals surface area contributed by atoms with Crippen LogP contribution in [0.15, 0.2) is 12.4 Å². The summed E-state index contributed by atoms with van der Waals surface area (Å²) >= 11 is 0. The Kier molecular flexibility index (Phi) is 4.25. The number of fused-ring (bicyclic) bond motifs is 1. The van der Waals surface area contributed by atoms with Crippen LogP contribution in [0.2, 0.25) is 0 Å². The molecule has 0 radical (unpaired) electrons. The van der Waals surface area contributed by atoms with Crippen molar-refractivity contribution in [1.82, 2.24) is 25.1 Å². The molecule has 0 aromatic carbocycles. The molecule has 0 saturated heterocycles. The average Bonchev–Trinajstić information content (AvgIpc) is 2.90. The first-order chi connectivity index (χ1) is 11.4. The fraction of sp³-hybridized carbons (Fsp3) is 0.467. The highest BCUT2D eigenvalue weighted by Crippen LogP contribution is 2.27. The van der Waals surface area contributed by atoms with E-state index in [2.05, 4.69) is 20.4 Å². The van der Waals surface area contributed by atoms with E-state index in [-0.39, 0.29) is 18.3 Å². The summed E-state index contributed by atoms with van der Waals surface area (Å²) in [6.45, 7) is -0.0533. The molecule has 2 aromatic heterocycles. The summed E-state index contributed by atoms with van der Waals surface area (Å²) in [6.07, 6.45) is 0.730. The molecule has 0 saturated carbocycles. The Morgan fingerprint density at radius 3 is 2.58 bits per heavy atom. The summed E-state index contributed by atoms with van der Waals surface area (Å²) in [7, 11) is 1.81. The van der Waals surface area contributed by atoms with Gasteiger partial charge in [0.15, 0.2) is 5.69 Å². The Labute approximate surface area is 136 Å². The zero-order valence-electron chi connectivity index (χ0n) is 13.0. The lowest BCUT2D eigenvalue weighted by Gasteiger charge is -2.12. The minimum absolute atomic E-state index is 0.0533. The lowest BCUT2D eigenvalue weighted by atomic mass is 9.95. The molecule has 0 unspecified atom stereocenters. The van der Waals surface area contributed by atoms with Crippen LogP contribution in [0.5, 0.6) is 0 Å². The van der Waals surface area contributed by atoms with Crippen LogP contribution in [-0.4, -0.2) is 25.7 Å². The quantitative estimate of drug-likeness (QED) is 0.929. The predicted molar refractivity (Wildman–Crippen MR) is 78.1 cm³/mol. The van der Waals surface area contributed by atoms with Gasteiger partial charge in [0.1, 0.15) is 5.82 Å². The van der Waals surface area contributed by atoms with E-state index in [1.54, 1.807) is 11.7 Å². The van der Waals surface area contributed by atoms with Crippen molar-refractivity contribution in [2.75, 3.05) is 0 Å². The third-order valence-corrected chi connectivity index (χ3v) is 4.02. The van der Waals surface area contributed by atoms with Crippen LogP contribution >= 0.6 is 0 Å². The van der Waals surface area contributed by atoms with Crippen LogP contribution in [-0.2, 0) is 32.6 Å². The summed E-state index contributed by atoms with van der Waals surface area (Å²) in [4.78, 5) is 19.6. The Morgan fingerprint density at radius 1 is 1.25 bits per heavy atom. The third kappa shape index (κ3) is 3.24. The van der Waals surface area contributed by atoms with Crippen molar-refractivity contribution in [3.05, 3.63) is 40.7 Å². The van der Waals surface area contributed by atoms with Gasteiger partial charge in [-0.15, -0.1) is 0 Å². The van der Waals surface area contributed by atoms with E-state index < -0.39 is 11.7 Å². The van der Waals surface area contributed by atoms with Gasteiger partial charge in [0.05, 0.1) is 12.1 Å². The molecule has 6 nitrogen and oxygen atoms in total. The third-order valence-electron chi connectivity index (χ3n) is 4.02. The van der Waals surface area contributed by atoms with Gasteiger partial charge >= 0.3 is 6.18 Å². The topological polar surface area (TPSA) is 72.7 Å². The van der Waals surface area contributed by atoms with Gasteiger partial charge in [-0.05, 0) is 25.7 Å². The molecule has 2 aromatic rings. The number of alkyl halides is 3. The molecular formula is C15H16F3N5O. The maximum atomic E-state index is 12.5. The molecule has 3 rings (SSSR count). The van der Waals surface area contributed by atoms with Crippen molar-refractivity contribution in [3.8, 4) is 0 Å². The average molecular weight is 339 g/mol. The molecule has 1 aliphatic carbocycles. The molecule has 0 aliphatic heterocycles. The molecule has 128 valence electrons. The largest absolute Gasteiger partial charge is 0.419 e. The van der Waals surface area contributed by atoms with Gasteiger partial charge in [0.2, 0.25) is 0 Å². The van der Waals surface area contributed by atoms with Gasteiger partial charge in [-0.3, -0.25) is 9.48 Å². The van der Waals surface area contributed by atoms with E-state index in [0.717, 1.165) is 36.9 Å². The molecule has 1 amide bonds. The fourth-order valence-electron chi connectivity index (χ4n) is 2.79.